The number of hydrogen-bond acceptors (Lipinski definition) is 2. The summed E-state index contributed by atoms with van der Waals surface area (Å²) in [6.45, 7) is 19.3. The smallest absolute Gasteiger partial charge is 0.0705 e. The van der Waals surface area contributed by atoms with Crippen LogP contribution in [-0.2, 0) is 18.3 Å². The zero-order valence-corrected chi connectivity index (χ0v) is 30.4. The van der Waals surface area contributed by atoms with Crippen LogP contribution in [0.1, 0.15) is 116 Å². The predicted octanol–water partition coefficient (Wildman–Crippen LogP) is 12.1. The highest BCUT2D eigenvalue weighted by Crippen LogP contribution is 2.45. The number of pyridine rings is 2. The summed E-state index contributed by atoms with van der Waals surface area (Å²) < 4.78 is 0. The molecule has 0 bridgehead atoms. The fourth-order valence-corrected chi connectivity index (χ4v) is 10.2. The maximum atomic E-state index is 5.28. The Hall–Kier alpha value is -3.26. The average molecular weight is 627 g/mol. The molecule has 2 aromatic carbocycles. The lowest BCUT2D eigenvalue weighted by molar-refractivity contribution is 0.123. The van der Waals surface area contributed by atoms with Gasteiger partial charge in [0, 0.05) is 16.5 Å². The highest BCUT2D eigenvalue weighted by molar-refractivity contribution is 5.62. The Morgan fingerprint density at radius 2 is 0.915 bits per heavy atom. The van der Waals surface area contributed by atoms with E-state index in [1.54, 1.807) is 0 Å². The van der Waals surface area contributed by atoms with Crippen molar-refractivity contribution in [3.63, 3.8) is 0 Å². The Kier molecular flexibility index (Phi) is 9.54. The molecule has 0 saturated heterocycles. The van der Waals surface area contributed by atoms with Gasteiger partial charge in [-0.25, -0.2) is 0 Å². The summed E-state index contributed by atoms with van der Waals surface area (Å²) in [4.78, 5) is 10.6. The second-order valence-corrected chi connectivity index (χ2v) is 17.5. The minimum atomic E-state index is -0.342. The Labute approximate surface area is 285 Å². The predicted molar refractivity (Wildman–Crippen MR) is 199 cm³/mol. The van der Waals surface area contributed by atoms with E-state index in [0.717, 1.165) is 59.3 Å². The first-order valence-electron chi connectivity index (χ1n) is 18.4. The van der Waals surface area contributed by atoms with E-state index >= 15 is 0 Å². The quantitative estimate of drug-likeness (QED) is 0.194. The fourth-order valence-electron chi connectivity index (χ4n) is 10.2. The van der Waals surface area contributed by atoms with Gasteiger partial charge in [-0.1, -0.05) is 90.1 Å². The van der Waals surface area contributed by atoms with Crippen molar-refractivity contribution in [2.45, 2.75) is 112 Å². The Morgan fingerprint density at radius 3 is 1.30 bits per heavy atom. The highest BCUT2D eigenvalue weighted by Gasteiger charge is 2.35. The molecule has 0 radical (unpaired) electrons. The molecule has 4 unspecified atom stereocenters. The molecular formula is C45H58N2. The molecule has 2 aliphatic rings. The lowest BCUT2D eigenvalue weighted by Gasteiger charge is -2.40. The van der Waals surface area contributed by atoms with Gasteiger partial charge in [0.15, 0.2) is 0 Å². The molecular weight excluding hydrogens is 569 g/mol. The molecule has 2 saturated carbocycles. The monoisotopic (exact) mass is 626 g/mol. The molecule has 2 heteroatoms. The molecule has 2 heterocycles. The largest absolute Gasteiger partial charge is 0.252 e. The van der Waals surface area contributed by atoms with E-state index in [-0.39, 0.29) is 5.41 Å². The zero-order chi connectivity index (χ0) is 33.4. The van der Waals surface area contributed by atoms with E-state index < -0.39 is 0 Å². The number of nitrogens with zero attached hydrogens (tertiary/aromatic N) is 2. The lowest BCUT2D eigenvalue weighted by atomic mass is 9.65. The number of aromatic nitrogens is 2. The molecule has 2 nitrogen and oxygen atoms in total. The molecule has 2 aromatic heterocycles. The zero-order valence-electron chi connectivity index (χ0n) is 30.4. The molecule has 0 aliphatic heterocycles. The van der Waals surface area contributed by atoms with Crippen LogP contribution < -0.4 is 0 Å². The molecule has 2 fully saturated rings. The summed E-state index contributed by atoms with van der Waals surface area (Å²) in [7, 11) is 0. The lowest BCUT2D eigenvalue weighted by Crippen LogP contribution is -2.31. The van der Waals surface area contributed by atoms with Crippen LogP contribution in [0, 0.1) is 34.5 Å². The molecule has 4 atom stereocenters. The number of benzene rings is 2. The van der Waals surface area contributed by atoms with Crippen molar-refractivity contribution in [2.75, 3.05) is 0 Å². The molecule has 0 amide bonds. The first-order chi connectivity index (χ1) is 22.3. The molecule has 6 rings (SSSR count). The van der Waals surface area contributed by atoms with Gasteiger partial charge in [0.25, 0.3) is 0 Å². The second-order valence-electron chi connectivity index (χ2n) is 17.5. The minimum Gasteiger partial charge on any atom is -0.252 e. The van der Waals surface area contributed by atoms with E-state index in [1.807, 2.05) is 0 Å². The van der Waals surface area contributed by atoms with Crippen LogP contribution in [0.3, 0.4) is 0 Å². The Balaban J connectivity index is 1.23. The molecule has 248 valence electrons. The normalized spacial score (nSPS) is 28.3. The van der Waals surface area contributed by atoms with E-state index in [9.17, 15) is 0 Å². The van der Waals surface area contributed by atoms with Crippen LogP contribution in [-0.4, -0.2) is 9.97 Å². The van der Waals surface area contributed by atoms with E-state index in [0.29, 0.717) is 10.8 Å². The maximum absolute atomic E-state index is 5.28. The van der Waals surface area contributed by atoms with Crippen molar-refractivity contribution in [2.24, 2.45) is 34.5 Å². The van der Waals surface area contributed by atoms with Gasteiger partial charge >= 0.3 is 0 Å². The number of hydrogen-bond donors (Lipinski definition) is 0. The molecule has 47 heavy (non-hydrogen) atoms. The van der Waals surface area contributed by atoms with E-state index in [1.165, 1.54) is 60.8 Å². The Morgan fingerprint density at radius 1 is 0.553 bits per heavy atom. The van der Waals surface area contributed by atoms with Gasteiger partial charge in [-0.15, -0.1) is 0 Å². The third-order valence-corrected chi connectivity index (χ3v) is 11.5. The van der Waals surface area contributed by atoms with Crippen LogP contribution >= 0.6 is 0 Å². The molecule has 4 aromatic rings. The van der Waals surface area contributed by atoms with Crippen LogP contribution in [0.4, 0.5) is 0 Å². The summed E-state index contributed by atoms with van der Waals surface area (Å²) in [5, 5.41) is 0. The highest BCUT2D eigenvalue weighted by atomic mass is 14.8. The standard InChI is InChI=1S/C45H58N2/c1-31-21-32(2)26-44(7,25-31)29-35-13-9-15-37(23-35)39-17-11-19-41(46-39)43(5,6)42-20-12-18-40(47-42)38-16-10-14-36(24-38)30-45(8)27-33(3)22-34(4)28-45/h9-20,23-24,31-34H,21-22,25-30H2,1-8H3. The Bertz CT molecular complexity index is 1540. The summed E-state index contributed by atoms with van der Waals surface area (Å²) in [5.41, 5.74) is 9.83. The average Bonchev–Trinajstić information content (AvgIpc) is 2.99. The van der Waals surface area contributed by atoms with Gasteiger partial charge in [0.2, 0.25) is 0 Å². The van der Waals surface area contributed by atoms with Crippen LogP contribution in [0.25, 0.3) is 22.5 Å². The van der Waals surface area contributed by atoms with Gasteiger partial charge in [-0.3, -0.25) is 9.97 Å². The SMILES string of the molecule is CC1CC(C)CC(C)(Cc2cccc(-c3cccc(C(C)(C)c4cccc(-c5cccc(CC6(C)CC(C)CC(C)C6)c5)n4)n3)c2)C1. The fraction of sp³-hybridized carbons (Fsp3) is 0.511. The van der Waals surface area contributed by atoms with Crippen molar-refractivity contribution in [1.82, 2.24) is 9.97 Å². The van der Waals surface area contributed by atoms with Crippen molar-refractivity contribution in [3.8, 4) is 22.5 Å². The van der Waals surface area contributed by atoms with Gasteiger partial charge in [0.1, 0.15) is 0 Å². The summed E-state index contributed by atoms with van der Waals surface area (Å²) in [6.07, 6.45) is 10.3. The van der Waals surface area contributed by atoms with E-state index in [4.69, 9.17) is 9.97 Å². The van der Waals surface area contributed by atoms with Crippen molar-refractivity contribution in [1.29, 1.82) is 0 Å². The van der Waals surface area contributed by atoms with Gasteiger partial charge in [-0.2, -0.15) is 0 Å². The maximum Gasteiger partial charge on any atom is 0.0705 e. The summed E-state index contributed by atoms with van der Waals surface area (Å²) in [5.74, 6) is 3.23. The number of rotatable bonds is 8. The minimum absolute atomic E-state index is 0.342. The van der Waals surface area contributed by atoms with Gasteiger partial charge in [0.05, 0.1) is 22.8 Å². The first kappa shape index (κ1) is 33.6. The molecule has 0 N–H and O–H groups in total. The molecule has 0 spiro atoms. The first-order valence-corrected chi connectivity index (χ1v) is 18.4. The van der Waals surface area contributed by atoms with Crippen molar-refractivity contribution < 1.29 is 0 Å². The van der Waals surface area contributed by atoms with E-state index in [2.05, 4.69) is 140 Å². The van der Waals surface area contributed by atoms with Gasteiger partial charge in [-0.05, 0) is 147 Å². The third kappa shape index (κ3) is 7.90. The molecule has 2 aliphatic carbocycles. The van der Waals surface area contributed by atoms with Crippen LogP contribution in [0.15, 0.2) is 84.9 Å². The van der Waals surface area contributed by atoms with Crippen molar-refractivity contribution in [3.05, 3.63) is 107 Å². The van der Waals surface area contributed by atoms with Crippen molar-refractivity contribution >= 4 is 0 Å². The van der Waals surface area contributed by atoms with Gasteiger partial charge < -0.3 is 0 Å². The summed E-state index contributed by atoms with van der Waals surface area (Å²) >= 11 is 0. The summed E-state index contributed by atoms with van der Waals surface area (Å²) in [6, 6.07) is 31.3. The third-order valence-electron chi connectivity index (χ3n) is 11.5. The van der Waals surface area contributed by atoms with Crippen LogP contribution in [0.5, 0.6) is 0 Å². The van der Waals surface area contributed by atoms with Crippen LogP contribution in [0.2, 0.25) is 0 Å². The topological polar surface area (TPSA) is 25.8 Å². The second kappa shape index (κ2) is 13.3.